The van der Waals surface area contributed by atoms with Crippen LogP contribution in [0.2, 0.25) is 4.97 Å². The quantitative estimate of drug-likeness (QED) is 0.312. The van der Waals surface area contributed by atoms with Gasteiger partial charge in [-0.15, -0.1) is 0 Å². The van der Waals surface area contributed by atoms with Crippen molar-refractivity contribution in [3.05, 3.63) is 0 Å². The van der Waals surface area contributed by atoms with Gasteiger partial charge in [0.15, 0.2) is 0 Å². The first-order valence-corrected chi connectivity index (χ1v) is 12.9. The van der Waals surface area contributed by atoms with E-state index < -0.39 is 4.95 Å². The van der Waals surface area contributed by atoms with Crippen LogP contribution in [0.3, 0.4) is 0 Å². The molecule has 0 nitrogen and oxygen atoms in total. The van der Waals surface area contributed by atoms with Crippen LogP contribution in [0.1, 0.15) is 62.3 Å². The van der Waals surface area contributed by atoms with E-state index in [1.54, 1.807) is 0 Å². The summed E-state index contributed by atoms with van der Waals surface area (Å²) < 4.78 is 0. The van der Waals surface area contributed by atoms with Crippen LogP contribution in [0, 0.1) is 0 Å². The van der Waals surface area contributed by atoms with Gasteiger partial charge in [0.2, 0.25) is 0 Å². The maximum atomic E-state index is 2.53. The summed E-state index contributed by atoms with van der Waals surface area (Å²) in [7, 11) is 0. The Morgan fingerprint density at radius 3 is 0.812 bits per heavy atom. The van der Waals surface area contributed by atoms with E-state index in [-0.39, 0.29) is 44.4 Å². The summed E-state index contributed by atoms with van der Waals surface area (Å²) >= 11 is 0.105. The van der Waals surface area contributed by atoms with E-state index in [1.165, 1.54) is 0 Å². The largest absolute Gasteiger partial charge is 1.00 e. The maximum absolute atomic E-state index is 2.53. The van der Waals surface area contributed by atoms with Gasteiger partial charge in [-0.3, -0.25) is 0 Å². The summed E-state index contributed by atoms with van der Waals surface area (Å²) in [5, 5.41) is 1.50. The van der Waals surface area contributed by atoms with Gasteiger partial charge < -0.3 is 24.0 Å². The zero-order valence-electron chi connectivity index (χ0n) is 12.7. The molecule has 0 spiro atoms. The van der Waals surface area contributed by atoms with Crippen molar-refractivity contribution in [1.82, 2.24) is 0 Å². The molecule has 0 aromatic heterocycles. The Kier molecular flexibility index (Phi) is 7.52. The molecule has 0 N–H and O–H groups in total. The second-order valence-electron chi connectivity index (χ2n) is 7.30. The smallest absolute Gasteiger partial charge is 1.00 e. The van der Waals surface area contributed by atoms with Crippen molar-refractivity contribution in [2.24, 2.45) is 0 Å². The molecule has 0 aromatic carbocycles. The molecule has 3 heteroatoms. The third-order valence-electron chi connectivity index (χ3n) is 3.11. The van der Waals surface area contributed by atoms with E-state index in [0.29, 0.717) is 15.5 Å². The summed E-state index contributed by atoms with van der Waals surface area (Å²) in [6.07, 6.45) is 0. The standard InChI is InChI=1S/C13H30PTe.HI/c1-11(2,3)14(15-10,12(4,5)6)13(7,8)9;/h1-10H3;1H/q+1;/p-1. The van der Waals surface area contributed by atoms with E-state index >= 15 is 0 Å². The Morgan fingerprint density at radius 1 is 0.625 bits per heavy atom. The van der Waals surface area contributed by atoms with Crippen LogP contribution >= 0.6 is 4.95 Å². The van der Waals surface area contributed by atoms with Gasteiger partial charge in [-0.25, -0.2) is 0 Å². The monoisotopic (exact) mass is 474 g/mol. The molecule has 0 aromatic rings. The number of rotatable bonds is 1. The molecule has 0 aliphatic carbocycles. The SMILES string of the molecule is C[Te][P+](C(C)(C)C)(C(C)(C)C)C(C)(C)C.[I-]. The molecule has 0 fully saturated rings. The van der Waals surface area contributed by atoms with Crippen LogP contribution in [0.5, 0.6) is 0 Å². The van der Waals surface area contributed by atoms with Crippen molar-refractivity contribution in [2.75, 3.05) is 0 Å². The van der Waals surface area contributed by atoms with Crippen LogP contribution in [-0.2, 0) is 0 Å². The van der Waals surface area contributed by atoms with Crippen LogP contribution in [-0.4, -0.2) is 35.8 Å². The van der Waals surface area contributed by atoms with Gasteiger partial charge in [0.1, 0.15) is 0 Å². The fraction of sp³-hybridized carbons (Fsp3) is 1.00. The third-order valence-corrected chi connectivity index (χ3v) is 28.1. The minimum Gasteiger partial charge on any atom is -1.00 e. The van der Waals surface area contributed by atoms with Crippen LogP contribution in [0.4, 0.5) is 0 Å². The first-order valence-electron chi connectivity index (χ1n) is 5.76. The van der Waals surface area contributed by atoms with Gasteiger partial charge in [-0.05, 0) is 0 Å². The average Bonchev–Trinajstić information content (AvgIpc) is 1.76. The number of halogens is 1. The molecule has 100 valence electrons. The number of hydrogen-bond donors (Lipinski definition) is 0. The van der Waals surface area contributed by atoms with Gasteiger partial charge >= 0.3 is 108 Å². The predicted molar refractivity (Wildman–Crippen MR) is 77.8 cm³/mol. The maximum Gasteiger partial charge on any atom is -1.00 e. The van der Waals surface area contributed by atoms with E-state index in [1.807, 2.05) is 0 Å². The third kappa shape index (κ3) is 3.49. The van der Waals surface area contributed by atoms with Crippen molar-refractivity contribution in [3.8, 4) is 0 Å². The molecule has 0 atom stereocenters. The molecule has 0 amide bonds. The van der Waals surface area contributed by atoms with Crippen LogP contribution < -0.4 is 24.0 Å². The van der Waals surface area contributed by atoms with Gasteiger partial charge in [0, 0.05) is 0 Å². The Hall–Kier alpha value is 1.95. The summed E-state index contributed by atoms with van der Waals surface area (Å²) in [4.78, 5) is 1.63. The average molecular weight is 472 g/mol. The van der Waals surface area contributed by atoms with Gasteiger partial charge in [0.25, 0.3) is 0 Å². The van der Waals surface area contributed by atoms with Gasteiger partial charge in [-0.2, -0.15) is 0 Å². The Bertz CT molecular complexity index is 182. The number of hydrogen-bond acceptors (Lipinski definition) is 0. The van der Waals surface area contributed by atoms with Crippen molar-refractivity contribution < 1.29 is 24.0 Å². The zero-order valence-corrected chi connectivity index (χ0v) is 18.1. The molecule has 0 saturated carbocycles. The molecule has 0 aliphatic heterocycles. The molecule has 0 rings (SSSR count). The fourth-order valence-electron chi connectivity index (χ4n) is 3.84. The minimum atomic E-state index is -0.899. The second kappa shape index (κ2) is 5.94. The minimum absolute atomic E-state index is 0. The molecule has 0 saturated heterocycles. The van der Waals surface area contributed by atoms with Crippen LogP contribution in [0.25, 0.3) is 0 Å². The van der Waals surface area contributed by atoms with E-state index in [0.717, 1.165) is 0 Å². The first-order chi connectivity index (χ1) is 6.31. The summed E-state index contributed by atoms with van der Waals surface area (Å²) in [5.74, 6) is 0. The topological polar surface area (TPSA) is 0 Å². The molecule has 16 heavy (non-hydrogen) atoms. The molecule has 0 bridgehead atoms. The van der Waals surface area contributed by atoms with Crippen molar-refractivity contribution >= 4 is 25.3 Å². The zero-order chi connectivity index (χ0) is 12.7. The normalized spacial score (nSPS) is 14.6. The molecule has 0 unspecified atom stereocenters. The van der Waals surface area contributed by atoms with Crippen molar-refractivity contribution in [3.63, 3.8) is 0 Å². The van der Waals surface area contributed by atoms with Crippen molar-refractivity contribution in [1.29, 1.82) is 0 Å². The predicted octanol–water partition coefficient (Wildman–Crippen LogP) is 2.07. The van der Waals surface area contributed by atoms with Gasteiger partial charge in [-0.1, -0.05) is 0 Å². The molecule has 0 radical (unpaired) electrons. The van der Waals surface area contributed by atoms with Gasteiger partial charge in [0.05, 0.1) is 0 Å². The molecular weight excluding hydrogens is 442 g/mol. The van der Waals surface area contributed by atoms with E-state index in [2.05, 4.69) is 67.3 Å². The first kappa shape index (κ1) is 20.3. The molecule has 0 heterocycles. The van der Waals surface area contributed by atoms with E-state index in [4.69, 9.17) is 0 Å². The summed E-state index contributed by atoms with van der Waals surface area (Å²) in [6.45, 7) is 22.3. The van der Waals surface area contributed by atoms with E-state index in [9.17, 15) is 0 Å². The summed E-state index contributed by atoms with van der Waals surface area (Å²) in [5.41, 5.74) is 0. The molecular formula is C13H30IPTe. The Balaban J connectivity index is 0. The molecule has 0 aliphatic rings. The van der Waals surface area contributed by atoms with Crippen LogP contribution in [0.15, 0.2) is 0 Å². The summed E-state index contributed by atoms with van der Waals surface area (Å²) in [6, 6.07) is 0. The fourth-order valence-corrected chi connectivity index (χ4v) is 25.6. The Labute approximate surface area is 131 Å². The Morgan fingerprint density at radius 2 is 0.812 bits per heavy atom. The second-order valence-corrected chi connectivity index (χ2v) is 20.7. The van der Waals surface area contributed by atoms with Crippen molar-refractivity contribution in [2.45, 2.75) is 82.8 Å².